The molecule has 1 atom stereocenters. The maximum Gasteiger partial charge on any atom is 0.301 e. The van der Waals surface area contributed by atoms with Crippen LogP contribution in [0.4, 0.5) is 6.01 Å². The zero-order chi connectivity index (χ0) is 18.2. The molecule has 0 radical (unpaired) electrons. The number of fused-ring (bicyclic) bond motifs is 1. The zero-order valence-corrected chi connectivity index (χ0v) is 15.1. The SMILES string of the molecule is O=C(Nc1ncc(C2CC2)o1)[C@H]1CCCCN1Cc1cccc2c1OCO2. The summed E-state index contributed by atoms with van der Waals surface area (Å²) >= 11 is 0. The van der Waals surface area contributed by atoms with E-state index in [0.29, 0.717) is 18.5 Å². The first kappa shape index (κ1) is 16.6. The summed E-state index contributed by atoms with van der Waals surface area (Å²) in [6.07, 6.45) is 6.98. The number of para-hydroxylation sites is 1. The summed E-state index contributed by atoms with van der Waals surface area (Å²) in [6.45, 7) is 1.79. The van der Waals surface area contributed by atoms with Gasteiger partial charge in [-0.15, -0.1) is 0 Å². The van der Waals surface area contributed by atoms with Gasteiger partial charge in [-0.3, -0.25) is 15.0 Å². The van der Waals surface area contributed by atoms with Crippen molar-refractivity contribution >= 4 is 11.9 Å². The van der Waals surface area contributed by atoms with Crippen LogP contribution in [0.15, 0.2) is 28.8 Å². The predicted molar refractivity (Wildman–Crippen MR) is 97.7 cm³/mol. The van der Waals surface area contributed by atoms with E-state index in [-0.39, 0.29) is 18.7 Å². The van der Waals surface area contributed by atoms with Gasteiger partial charge in [-0.1, -0.05) is 18.6 Å². The first-order chi connectivity index (χ1) is 13.3. The van der Waals surface area contributed by atoms with Crippen LogP contribution in [0, 0.1) is 0 Å². The number of benzene rings is 1. The Morgan fingerprint density at radius 1 is 1.22 bits per heavy atom. The molecule has 0 spiro atoms. The molecule has 1 saturated carbocycles. The van der Waals surface area contributed by atoms with Gasteiger partial charge in [0.15, 0.2) is 11.5 Å². The molecule has 7 heteroatoms. The lowest BCUT2D eigenvalue weighted by Gasteiger charge is -2.34. The molecule has 1 aromatic heterocycles. The minimum absolute atomic E-state index is 0.0522. The lowest BCUT2D eigenvalue weighted by molar-refractivity contribution is -0.122. The van der Waals surface area contributed by atoms with Crippen molar-refractivity contribution in [3.63, 3.8) is 0 Å². The van der Waals surface area contributed by atoms with E-state index in [1.165, 1.54) is 0 Å². The molecule has 2 aliphatic heterocycles. The average molecular weight is 369 g/mol. The number of oxazole rings is 1. The number of carbonyl (C=O) groups excluding carboxylic acids is 1. The van der Waals surface area contributed by atoms with Gasteiger partial charge in [0, 0.05) is 18.0 Å². The highest BCUT2D eigenvalue weighted by atomic mass is 16.7. The highest BCUT2D eigenvalue weighted by molar-refractivity contribution is 5.93. The van der Waals surface area contributed by atoms with E-state index >= 15 is 0 Å². The third-order valence-corrected chi connectivity index (χ3v) is 5.50. The quantitative estimate of drug-likeness (QED) is 0.872. The summed E-state index contributed by atoms with van der Waals surface area (Å²) in [7, 11) is 0. The van der Waals surface area contributed by atoms with Crippen LogP contribution in [-0.4, -0.2) is 35.2 Å². The van der Waals surface area contributed by atoms with Gasteiger partial charge in [0.2, 0.25) is 12.7 Å². The van der Waals surface area contributed by atoms with E-state index in [9.17, 15) is 4.79 Å². The molecule has 1 aliphatic carbocycles. The van der Waals surface area contributed by atoms with E-state index in [0.717, 1.165) is 61.5 Å². The Kier molecular flexibility index (Phi) is 4.24. The van der Waals surface area contributed by atoms with Gasteiger partial charge in [0.25, 0.3) is 0 Å². The second-order valence-electron chi connectivity index (χ2n) is 7.46. The van der Waals surface area contributed by atoms with Crippen molar-refractivity contribution in [2.24, 2.45) is 0 Å². The third-order valence-electron chi connectivity index (χ3n) is 5.50. The van der Waals surface area contributed by atoms with Gasteiger partial charge in [-0.25, -0.2) is 4.98 Å². The maximum absolute atomic E-state index is 12.9. The number of nitrogens with zero attached hydrogens (tertiary/aromatic N) is 2. The summed E-state index contributed by atoms with van der Waals surface area (Å²) in [5.74, 6) is 2.88. The molecular weight excluding hydrogens is 346 g/mol. The fourth-order valence-electron chi connectivity index (χ4n) is 3.90. The monoisotopic (exact) mass is 369 g/mol. The van der Waals surface area contributed by atoms with Crippen LogP contribution in [0.3, 0.4) is 0 Å². The van der Waals surface area contributed by atoms with Crippen LogP contribution < -0.4 is 14.8 Å². The average Bonchev–Trinajstić information content (AvgIpc) is 3.23. The molecule has 1 N–H and O–H groups in total. The molecule has 2 fully saturated rings. The third kappa shape index (κ3) is 3.39. The second-order valence-corrected chi connectivity index (χ2v) is 7.46. The number of hydrogen-bond donors (Lipinski definition) is 1. The minimum Gasteiger partial charge on any atom is -0.454 e. The lowest BCUT2D eigenvalue weighted by Crippen LogP contribution is -2.46. The summed E-state index contributed by atoms with van der Waals surface area (Å²) in [4.78, 5) is 19.3. The number of aromatic nitrogens is 1. The van der Waals surface area contributed by atoms with Crippen LogP contribution in [-0.2, 0) is 11.3 Å². The van der Waals surface area contributed by atoms with Crippen molar-refractivity contribution in [3.05, 3.63) is 35.7 Å². The molecule has 0 bridgehead atoms. The first-order valence-corrected chi connectivity index (χ1v) is 9.66. The number of ether oxygens (including phenoxy) is 2. The van der Waals surface area contributed by atoms with E-state index in [1.54, 1.807) is 6.20 Å². The highest BCUT2D eigenvalue weighted by Crippen LogP contribution is 2.41. The molecule has 5 rings (SSSR count). The van der Waals surface area contributed by atoms with Gasteiger partial charge < -0.3 is 13.9 Å². The molecule has 2 aromatic rings. The molecule has 0 unspecified atom stereocenters. The number of piperidine rings is 1. The van der Waals surface area contributed by atoms with Gasteiger partial charge in [0.1, 0.15) is 5.76 Å². The number of nitrogens with one attached hydrogen (secondary N) is 1. The molecule has 27 heavy (non-hydrogen) atoms. The molecule has 3 heterocycles. The van der Waals surface area contributed by atoms with Crippen LogP contribution in [0.2, 0.25) is 0 Å². The molecule has 1 amide bonds. The fourth-order valence-corrected chi connectivity index (χ4v) is 3.90. The van der Waals surface area contributed by atoms with Crippen molar-refractivity contribution in [3.8, 4) is 11.5 Å². The van der Waals surface area contributed by atoms with Crippen molar-refractivity contribution in [2.75, 3.05) is 18.7 Å². The number of amides is 1. The highest BCUT2D eigenvalue weighted by Gasteiger charge is 2.32. The second kappa shape index (κ2) is 6.88. The summed E-state index contributed by atoms with van der Waals surface area (Å²) < 4.78 is 16.8. The zero-order valence-electron chi connectivity index (χ0n) is 15.1. The van der Waals surface area contributed by atoms with Crippen LogP contribution in [0.5, 0.6) is 11.5 Å². The van der Waals surface area contributed by atoms with Gasteiger partial charge in [-0.2, -0.15) is 0 Å². The number of carbonyl (C=O) groups is 1. The Morgan fingerprint density at radius 3 is 3.04 bits per heavy atom. The Morgan fingerprint density at radius 2 is 2.15 bits per heavy atom. The number of hydrogen-bond acceptors (Lipinski definition) is 6. The normalized spacial score (nSPS) is 22.0. The van der Waals surface area contributed by atoms with Crippen molar-refractivity contribution < 1.29 is 18.7 Å². The lowest BCUT2D eigenvalue weighted by atomic mass is 10.00. The largest absolute Gasteiger partial charge is 0.454 e. The Balaban J connectivity index is 1.29. The van der Waals surface area contributed by atoms with E-state index in [4.69, 9.17) is 13.9 Å². The van der Waals surface area contributed by atoms with Crippen molar-refractivity contribution in [1.82, 2.24) is 9.88 Å². The van der Waals surface area contributed by atoms with Crippen LogP contribution in [0.1, 0.15) is 49.3 Å². The molecule has 7 nitrogen and oxygen atoms in total. The molecule has 3 aliphatic rings. The van der Waals surface area contributed by atoms with Crippen LogP contribution in [0.25, 0.3) is 0 Å². The minimum atomic E-state index is -0.201. The smallest absolute Gasteiger partial charge is 0.301 e. The summed E-state index contributed by atoms with van der Waals surface area (Å²) in [6, 6.07) is 6.02. The fraction of sp³-hybridized carbons (Fsp3) is 0.500. The van der Waals surface area contributed by atoms with Crippen molar-refractivity contribution in [1.29, 1.82) is 0 Å². The van der Waals surface area contributed by atoms with E-state index in [2.05, 4.69) is 15.2 Å². The maximum atomic E-state index is 12.9. The Hall–Kier alpha value is -2.54. The number of anilines is 1. The standard InChI is InChI=1S/C20H23N3O4/c24-19(22-20-21-10-17(27-20)13-7-8-13)15-5-1-2-9-23(15)11-14-4-3-6-16-18(14)26-12-25-16/h3-4,6,10,13,15H,1-2,5,7-9,11-12H2,(H,21,22,24)/t15-/m1/s1. The summed E-state index contributed by atoms with van der Waals surface area (Å²) in [5, 5.41) is 2.87. The molecule has 142 valence electrons. The van der Waals surface area contributed by atoms with Crippen LogP contribution >= 0.6 is 0 Å². The van der Waals surface area contributed by atoms with Gasteiger partial charge in [-0.05, 0) is 38.3 Å². The summed E-state index contributed by atoms with van der Waals surface area (Å²) in [5.41, 5.74) is 1.05. The van der Waals surface area contributed by atoms with Gasteiger partial charge in [0.05, 0.1) is 12.2 Å². The number of likely N-dealkylation sites (tertiary alicyclic amines) is 1. The predicted octanol–water partition coefficient (Wildman–Crippen LogP) is 3.27. The van der Waals surface area contributed by atoms with Crippen molar-refractivity contribution in [2.45, 2.75) is 50.6 Å². The number of rotatable bonds is 5. The first-order valence-electron chi connectivity index (χ1n) is 9.66. The van der Waals surface area contributed by atoms with Gasteiger partial charge >= 0.3 is 6.01 Å². The topological polar surface area (TPSA) is 76.8 Å². The van der Waals surface area contributed by atoms with E-state index in [1.807, 2.05) is 18.2 Å². The Bertz CT molecular complexity index is 846. The molecule has 1 aromatic carbocycles. The van der Waals surface area contributed by atoms with E-state index < -0.39 is 0 Å². The molecular formula is C20H23N3O4. The Labute approximate surface area is 157 Å². The molecule has 1 saturated heterocycles.